The third kappa shape index (κ3) is 71.2. The Labute approximate surface area is 570 Å². The van der Waals surface area contributed by atoms with Crippen molar-refractivity contribution in [2.24, 2.45) is 0 Å². The maximum Gasteiger partial charge on any atom is 0.306 e. The van der Waals surface area contributed by atoms with Crippen LogP contribution >= 0.6 is 7.82 Å². The first-order valence-electron chi connectivity index (χ1n) is 39.0. The second kappa shape index (κ2) is 70.7. The van der Waals surface area contributed by atoms with Crippen molar-refractivity contribution in [3.8, 4) is 0 Å². The summed E-state index contributed by atoms with van der Waals surface area (Å²) < 4.78 is 30.5. The van der Waals surface area contributed by atoms with Crippen LogP contribution in [0.1, 0.15) is 361 Å². The topological polar surface area (TPSA) is 114 Å². The molecule has 0 bridgehead atoms. The predicted octanol–water partition coefficient (Wildman–Crippen LogP) is 24.8. The molecule has 0 fully saturated rings. The third-order valence-corrected chi connectivity index (χ3v) is 18.2. The fourth-order valence-corrected chi connectivity index (χ4v) is 12.0. The Hall–Kier alpha value is -3.07. The van der Waals surface area contributed by atoms with Crippen molar-refractivity contribution in [2.75, 3.05) is 40.9 Å². The number of rotatable bonds is 71. The molecular formula is C82H149N2O7P. The molecule has 0 rings (SSSR count). The number of likely N-dealkylation sites (N-methyl/N-ethyl adjacent to an activating group) is 1. The lowest BCUT2D eigenvalue weighted by Crippen LogP contribution is -2.47. The van der Waals surface area contributed by atoms with E-state index in [0.29, 0.717) is 17.4 Å². The number of phosphoric acid groups is 1. The second-order valence-electron chi connectivity index (χ2n) is 27.5. The Morgan fingerprint density at radius 2 is 0.696 bits per heavy atom. The van der Waals surface area contributed by atoms with Gasteiger partial charge in [-0.1, -0.05) is 337 Å². The van der Waals surface area contributed by atoms with E-state index in [0.717, 1.165) is 109 Å². The van der Waals surface area contributed by atoms with Crippen molar-refractivity contribution >= 4 is 19.7 Å². The van der Waals surface area contributed by atoms with Gasteiger partial charge in [0.1, 0.15) is 19.3 Å². The Kier molecular flexibility index (Phi) is 68.4. The molecule has 534 valence electrons. The van der Waals surface area contributed by atoms with E-state index in [4.69, 9.17) is 13.8 Å². The summed E-state index contributed by atoms with van der Waals surface area (Å²) in [5.74, 6) is -0.541. The van der Waals surface area contributed by atoms with E-state index in [1.165, 1.54) is 218 Å². The summed E-state index contributed by atoms with van der Waals surface area (Å²) in [5, 5.41) is 3.05. The van der Waals surface area contributed by atoms with Gasteiger partial charge in [0.25, 0.3) is 7.82 Å². The van der Waals surface area contributed by atoms with Crippen molar-refractivity contribution in [2.45, 2.75) is 373 Å². The molecule has 0 aromatic heterocycles. The van der Waals surface area contributed by atoms with Gasteiger partial charge in [-0.15, -0.1) is 0 Å². The van der Waals surface area contributed by atoms with Gasteiger partial charge < -0.3 is 28.5 Å². The van der Waals surface area contributed by atoms with Crippen molar-refractivity contribution in [1.29, 1.82) is 0 Å². The normalized spacial score (nSPS) is 13.9. The summed E-state index contributed by atoms with van der Waals surface area (Å²) >= 11 is 0. The molecule has 0 saturated heterocycles. The van der Waals surface area contributed by atoms with Gasteiger partial charge in [0.05, 0.1) is 33.8 Å². The number of nitrogens with one attached hydrogen (secondary N) is 1. The number of nitrogens with zero attached hydrogens (tertiary/aromatic N) is 1. The number of unbranched alkanes of at least 4 members (excludes halogenated alkanes) is 41. The molecule has 0 aliphatic rings. The average molecular weight is 1310 g/mol. The summed E-state index contributed by atoms with van der Waals surface area (Å²) in [5.41, 5.74) is 0. The number of allylic oxidation sites excluding steroid dienone is 15. The third-order valence-electron chi connectivity index (χ3n) is 17.2. The van der Waals surface area contributed by atoms with Gasteiger partial charge in [0.15, 0.2) is 0 Å². The zero-order chi connectivity index (χ0) is 67.0. The molecule has 0 radical (unpaired) electrons. The fourth-order valence-electron chi connectivity index (χ4n) is 11.3. The molecular weight excluding hydrogens is 1160 g/mol. The number of carbonyl (C=O) groups excluding carboxylic acids is 2. The smallest absolute Gasteiger partial charge is 0.306 e. The minimum Gasteiger partial charge on any atom is -0.756 e. The molecule has 3 unspecified atom stereocenters. The van der Waals surface area contributed by atoms with Gasteiger partial charge in [-0.3, -0.25) is 14.2 Å². The van der Waals surface area contributed by atoms with Crippen molar-refractivity contribution in [3.63, 3.8) is 0 Å². The Morgan fingerprint density at radius 1 is 0.391 bits per heavy atom. The summed E-state index contributed by atoms with van der Waals surface area (Å²) in [6.07, 6.45) is 96.9. The zero-order valence-corrected chi connectivity index (χ0v) is 62.1. The number of amides is 1. The maximum absolute atomic E-state index is 13.6. The quantitative estimate of drug-likeness (QED) is 0.0212. The van der Waals surface area contributed by atoms with E-state index in [1.54, 1.807) is 0 Å². The summed E-state index contributed by atoms with van der Waals surface area (Å²) in [7, 11) is 1.18. The largest absolute Gasteiger partial charge is 0.756 e. The molecule has 9 nitrogen and oxygen atoms in total. The lowest BCUT2D eigenvalue weighted by atomic mass is 10.0. The van der Waals surface area contributed by atoms with Crippen LogP contribution in [0, 0.1) is 0 Å². The van der Waals surface area contributed by atoms with Crippen LogP contribution in [0.15, 0.2) is 97.2 Å². The molecule has 0 spiro atoms. The van der Waals surface area contributed by atoms with Crippen LogP contribution in [-0.4, -0.2) is 69.4 Å². The van der Waals surface area contributed by atoms with Crippen molar-refractivity contribution in [3.05, 3.63) is 97.2 Å². The summed E-state index contributed by atoms with van der Waals surface area (Å²) in [4.78, 5) is 40.3. The summed E-state index contributed by atoms with van der Waals surface area (Å²) in [6.45, 7) is 6.76. The fraction of sp³-hybridized carbons (Fsp3) is 0.780. The first-order valence-corrected chi connectivity index (χ1v) is 40.5. The van der Waals surface area contributed by atoms with Crippen LogP contribution in [-0.2, 0) is 27.9 Å². The molecule has 1 N–H and O–H groups in total. The molecule has 0 aliphatic heterocycles. The van der Waals surface area contributed by atoms with Crippen LogP contribution in [0.2, 0.25) is 0 Å². The van der Waals surface area contributed by atoms with Crippen LogP contribution in [0.4, 0.5) is 0 Å². The lowest BCUT2D eigenvalue weighted by Gasteiger charge is -2.30. The first-order chi connectivity index (χ1) is 44.9. The Morgan fingerprint density at radius 3 is 1.05 bits per heavy atom. The Balaban J connectivity index is 4.96. The Bertz CT molecular complexity index is 1900. The van der Waals surface area contributed by atoms with Gasteiger partial charge in [-0.25, -0.2) is 0 Å². The second-order valence-corrected chi connectivity index (χ2v) is 28.9. The number of quaternary nitrogens is 1. The molecule has 0 saturated carbocycles. The van der Waals surface area contributed by atoms with Crippen LogP contribution in [0.3, 0.4) is 0 Å². The summed E-state index contributed by atoms with van der Waals surface area (Å²) in [6, 6.07) is -0.897. The average Bonchev–Trinajstić information content (AvgIpc) is 3.72. The van der Waals surface area contributed by atoms with Gasteiger partial charge in [-0.2, -0.15) is 0 Å². The lowest BCUT2D eigenvalue weighted by molar-refractivity contribution is -0.870. The van der Waals surface area contributed by atoms with E-state index in [2.05, 4.69) is 111 Å². The molecule has 0 aromatic carbocycles. The number of hydrogen-bond donors (Lipinski definition) is 1. The molecule has 0 aromatic rings. The monoisotopic (exact) mass is 1310 g/mol. The highest BCUT2D eigenvalue weighted by molar-refractivity contribution is 7.45. The highest BCUT2D eigenvalue weighted by Crippen LogP contribution is 2.38. The number of hydrogen-bond acceptors (Lipinski definition) is 7. The highest BCUT2D eigenvalue weighted by Gasteiger charge is 2.27. The zero-order valence-electron chi connectivity index (χ0n) is 61.2. The van der Waals surface area contributed by atoms with E-state index in [1.807, 2.05) is 33.3 Å². The van der Waals surface area contributed by atoms with Gasteiger partial charge in [0.2, 0.25) is 5.91 Å². The molecule has 1 amide bonds. The molecule has 92 heavy (non-hydrogen) atoms. The molecule has 3 atom stereocenters. The van der Waals surface area contributed by atoms with Crippen LogP contribution in [0.25, 0.3) is 0 Å². The van der Waals surface area contributed by atoms with E-state index >= 15 is 0 Å². The maximum atomic E-state index is 13.6. The highest BCUT2D eigenvalue weighted by atomic mass is 31.2. The van der Waals surface area contributed by atoms with Crippen LogP contribution in [0.5, 0.6) is 0 Å². The number of ether oxygens (including phenoxy) is 1. The minimum absolute atomic E-state index is 0.0259. The van der Waals surface area contributed by atoms with Crippen LogP contribution < -0.4 is 10.2 Å². The van der Waals surface area contributed by atoms with Gasteiger partial charge in [-0.05, 0) is 109 Å². The first kappa shape index (κ1) is 88.9. The molecule has 0 heterocycles. The number of carbonyl (C=O) groups is 2. The SMILES string of the molecule is CC/C=C\C/C=C\C/C=C\C/C=C\C/C=C\C/C=C\CCCCCCCCCCC(=O)OC(/C=C/CCCCCCCCCCCC)C(COP(=O)([O-])OCC[N+](C)(C)C)NC(=O)CCCCCCCCCCCCCCCCCCC/C=C/CCCCCCCC. The van der Waals surface area contributed by atoms with Gasteiger partial charge in [0, 0.05) is 12.8 Å². The van der Waals surface area contributed by atoms with E-state index in [9.17, 15) is 19.0 Å². The molecule has 10 heteroatoms. The van der Waals surface area contributed by atoms with E-state index in [-0.39, 0.29) is 24.9 Å². The standard InChI is InChI=1S/C82H149N2O7P/c1-7-10-13-16-19-22-25-28-30-32-34-36-38-40-42-44-46-48-50-52-54-56-59-62-65-68-71-74-81(85)83-79(78-90-92(87,88)89-77-76-84(4,5)6)80(73-70-67-64-61-58-27-24-21-18-15-12-9-3)91-82(86)75-72-69-66-63-60-57-55-53-51-49-47-45-43-41-39-37-35-33-31-29-26-23-20-17-14-11-8-2/h11,14,20,23,28-31,35,37,41,43,47,49,70,73,79-80H,7-10,12-13,15-19,21-22,24-27,32-34,36,38-40,42,44-46,48,50-69,71-72,74-78H2,1-6H3,(H-,83,85,87,88)/b14-11-,23-20-,30-28+,31-29-,37-35-,43-41-,49-47-,73-70+. The number of esters is 1. The van der Waals surface area contributed by atoms with E-state index < -0.39 is 26.6 Å². The predicted molar refractivity (Wildman–Crippen MR) is 399 cm³/mol. The molecule has 0 aliphatic carbocycles. The van der Waals surface area contributed by atoms with Gasteiger partial charge >= 0.3 is 5.97 Å². The van der Waals surface area contributed by atoms with Crippen molar-refractivity contribution in [1.82, 2.24) is 5.32 Å². The van der Waals surface area contributed by atoms with Crippen molar-refractivity contribution < 1.29 is 37.3 Å². The minimum atomic E-state index is -4.71. The number of phosphoric ester groups is 1.